The standard InChI is InChI=1S/C18H22BrN/c1-4-18(2,3)15-9-5-13(6-10-15)17(20)14-7-11-16(19)12-8-14/h5-12,17H,4,20H2,1-3H3. The van der Waals surface area contributed by atoms with Gasteiger partial charge in [0.15, 0.2) is 0 Å². The molecule has 0 saturated carbocycles. The Kier molecular flexibility index (Phi) is 4.66. The van der Waals surface area contributed by atoms with Crippen molar-refractivity contribution in [3.63, 3.8) is 0 Å². The van der Waals surface area contributed by atoms with Crippen molar-refractivity contribution < 1.29 is 0 Å². The molecule has 2 aromatic rings. The van der Waals surface area contributed by atoms with Gasteiger partial charge in [-0.1, -0.05) is 73.1 Å². The van der Waals surface area contributed by atoms with Crippen molar-refractivity contribution in [1.82, 2.24) is 0 Å². The molecule has 20 heavy (non-hydrogen) atoms. The number of benzene rings is 2. The van der Waals surface area contributed by atoms with Crippen LogP contribution in [-0.2, 0) is 5.41 Å². The molecule has 0 amide bonds. The molecule has 0 aromatic heterocycles. The third kappa shape index (κ3) is 3.31. The van der Waals surface area contributed by atoms with E-state index in [4.69, 9.17) is 5.73 Å². The summed E-state index contributed by atoms with van der Waals surface area (Å²) in [5.41, 5.74) is 10.2. The molecule has 0 aliphatic heterocycles. The van der Waals surface area contributed by atoms with Crippen LogP contribution in [0.5, 0.6) is 0 Å². The lowest BCUT2D eigenvalue weighted by Gasteiger charge is -2.24. The quantitative estimate of drug-likeness (QED) is 0.820. The first-order chi connectivity index (χ1) is 9.44. The zero-order valence-electron chi connectivity index (χ0n) is 12.4. The largest absolute Gasteiger partial charge is 0.320 e. The molecule has 0 fully saturated rings. The van der Waals surface area contributed by atoms with E-state index in [-0.39, 0.29) is 11.5 Å². The molecule has 0 aliphatic carbocycles. The zero-order chi connectivity index (χ0) is 14.8. The molecule has 106 valence electrons. The molecule has 2 aromatic carbocycles. The minimum Gasteiger partial charge on any atom is -0.320 e. The Labute approximate surface area is 130 Å². The average Bonchev–Trinajstić information content (AvgIpc) is 2.47. The van der Waals surface area contributed by atoms with Crippen LogP contribution < -0.4 is 5.73 Å². The molecule has 0 spiro atoms. The first-order valence-electron chi connectivity index (χ1n) is 7.05. The van der Waals surface area contributed by atoms with Gasteiger partial charge in [0.2, 0.25) is 0 Å². The summed E-state index contributed by atoms with van der Waals surface area (Å²) in [5.74, 6) is 0. The molecular formula is C18H22BrN. The van der Waals surface area contributed by atoms with E-state index in [1.165, 1.54) is 5.56 Å². The van der Waals surface area contributed by atoms with Crippen molar-refractivity contribution in [2.75, 3.05) is 0 Å². The maximum atomic E-state index is 6.34. The van der Waals surface area contributed by atoms with Crippen LogP contribution in [0.3, 0.4) is 0 Å². The Morgan fingerprint density at radius 2 is 1.40 bits per heavy atom. The third-order valence-electron chi connectivity index (χ3n) is 4.16. The van der Waals surface area contributed by atoms with Crippen LogP contribution in [0, 0.1) is 0 Å². The van der Waals surface area contributed by atoms with Crippen LogP contribution in [0.15, 0.2) is 53.0 Å². The molecule has 0 aliphatic rings. The van der Waals surface area contributed by atoms with E-state index >= 15 is 0 Å². The lowest BCUT2D eigenvalue weighted by molar-refractivity contribution is 0.506. The summed E-state index contributed by atoms with van der Waals surface area (Å²) in [7, 11) is 0. The monoisotopic (exact) mass is 331 g/mol. The topological polar surface area (TPSA) is 26.0 Å². The van der Waals surface area contributed by atoms with Crippen molar-refractivity contribution in [3.05, 3.63) is 69.7 Å². The van der Waals surface area contributed by atoms with Crippen LogP contribution in [0.4, 0.5) is 0 Å². The highest BCUT2D eigenvalue weighted by Crippen LogP contribution is 2.28. The van der Waals surface area contributed by atoms with Gasteiger partial charge in [-0.05, 0) is 40.7 Å². The molecule has 2 rings (SSSR count). The highest BCUT2D eigenvalue weighted by molar-refractivity contribution is 9.10. The lowest BCUT2D eigenvalue weighted by atomic mass is 9.81. The summed E-state index contributed by atoms with van der Waals surface area (Å²) >= 11 is 3.45. The first-order valence-corrected chi connectivity index (χ1v) is 7.85. The number of halogens is 1. The number of hydrogen-bond acceptors (Lipinski definition) is 1. The van der Waals surface area contributed by atoms with Crippen molar-refractivity contribution in [3.8, 4) is 0 Å². The van der Waals surface area contributed by atoms with Gasteiger partial charge in [0.25, 0.3) is 0 Å². The van der Waals surface area contributed by atoms with Gasteiger partial charge >= 0.3 is 0 Å². The Hall–Kier alpha value is -1.12. The summed E-state index contributed by atoms with van der Waals surface area (Å²) in [6.07, 6.45) is 1.13. The highest BCUT2D eigenvalue weighted by atomic mass is 79.9. The first kappa shape index (κ1) is 15.3. The van der Waals surface area contributed by atoms with E-state index in [9.17, 15) is 0 Å². The van der Waals surface area contributed by atoms with E-state index < -0.39 is 0 Å². The molecule has 1 unspecified atom stereocenters. The van der Waals surface area contributed by atoms with Crippen LogP contribution in [-0.4, -0.2) is 0 Å². The fraction of sp³-hybridized carbons (Fsp3) is 0.333. The van der Waals surface area contributed by atoms with Crippen molar-refractivity contribution >= 4 is 15.9 Å². The van der Waals surface area contributed by atoms with Crippen molar-refractivity contribution in [2.45, 2.75) is 38.6 Å². The predicted octanol–water partition coefficient (Wildman–Crippen LogP) is 5.18. The van der Waals surface area contributed by atoms with Gasteiger partial charge in [0.1, 0.15) is 0 Å². The fourth-order valence-electron chi connectivity index (χ4n) is 2.21. The van der Waals surface area contributed by atoms with Gasteiger partial charge in [-0.15, -0.1) is 0 Å². The number of rotatable bonds is 4. The summed E-state index contributed by atoms with van der Waals surface area (Å²) in [6, 6.07) is 16.8. The minimum absolute atomic E-state index is 0.0677. The molecule has 0 bridgehead atoms. The molecule has 0 heterocycles. The Balaban J connectivity index is 2.23. The van der Waals surface area contributed by atoms with E-state index in [2.05, 4.69) is 73.1 Å². The molecule has 2 heteroatoms. The molecule has 2 N–H and O–H groups in total. The Bertz CT molecular complexity index is 555. The number of nitrogens with two attached hydrogens (primary N) is 1. The normalized spacial score (nSPS) is 13.2. The van der Waals surface area contributed by atoms with Crippen molar-refractivity contribution in [1.29, 1.82) is 0 Å². The second kappa shape index (κ2) is 6.11. The summed E-state index contributed by atoms with van der Waals surface area (Å²) in [4.78, 5) is 0. The van der Waals surface area contributed by atoms with Crippen LogP contribution in [0.25, 0.3) is 0 Å². The Morgan fingerprint density at radius 1 is 0.950 bits per heavy atom. The maximum absolute atomic E-state index is 6.34. The summed E-state index contributed by atoms with van der Waals surface area (Å²) in [5, 5.41) is 0. The van der Waals surface area contributed by atoms with E-state index in [1.807, 2.05) is 12.1 Å². The van der Waals surface area contributed by atoms with Gasteiger partial charge in [0.05, 0.1) is 6.04 Å². The predicted molar refractivity (Wildman–Crippen MR) is 89.9 cm³/mol. The second-order valence-electron chi connectivity index (χ2n) is 5.89. The van der Waals surface area contributed by atoms with E-state index in [0.29, 0.717) is 0 Å². The highest BCUT2D eigenvalue weighted by Gasteiger charge is 2.18. The van der Waals surface area contributed by atoms with Gasteiger partial charge in [0, 0.05) is 4.47 Å². The molecule has 0 radical (unpaired) electrons. The van der Waals surface area contributed by atoms with Gasteiger partial charge in [-0.2, -0.15) is 0 Å². The number of hydrogen-bond donors (Lipinski definition) is 1. The van der Waals surface area contributed by atoms with Crippen LogP contribution >= 0.6 is 15.9 Å². The maximum Gasteiger partial charge on any atom is 0.0551 e. The van der Waals surface area contributed by atoms with Gasteiger partial charge < -0.3 is 5.73 Å². The van der Waals surface area contributed by atoms with Crippen LogP contribution in [0.1, 0.15) is 49.9 Å². The fourth-order valence-corrected chi connectivity index (χ4v) is 2.47. The SMILES string of the molecule is CCC(C)(C)c1ccc(C(N)c2ccc(Br)cc2)cc1. The molecular weight excluding hydrogens is 310 g/mol. The lowest BCUT2D eigenvalue weighted by Crippen LogP contribution is -2.16. The van der Waals surface area contributed by atoms with Crippen molar-refractivity contribution in [2.24, 2.45) is 5.73 Å². The van der Waals surface area contributed by atoms with Gasteiger partial charge in [-0.3, -0.25) is 0 Å². The smallest absolute Gasteiger partial charge is 0.0551 e. The van der Waals surface area contributed by atoms with E-state index in [0.717, 1.165) is 22.0 Å². The zero-order valence-corrected chi connectivity index (χ0v) is 13.9. The van der Waals surface area contributed by atoms with Gasteiger partial charge in [-0.25, -0.2) is 0 Å². The molecule has 1 atom stereocenters. The van der Waals surface area contributed by atoms with E-state index in [1.54, 1.807) is 0 Å². The molecule has 0 saturated heterocycles. The van der Waals surface area contributed by atoms with Crippen LogP contribution in [0.2, 0.25) is 0 Å². The minimum atomic E-state index is -0.0677. The average molecular weight is 332 g/mol. The summed E-state index contributed by atoms with van der Waals surface area (Å²) in [6.45, 7) is 6.77. The second-order valence-corrected chi connectivity index (χ2v) is 6.80. The summed E-state index contributed by atoms with van der Waals surface area (Å²) < 4.78 is 1.08. The molecule has 1 nitrogen and oxygen atoms in total. The Morgan fingerprint density at radius 3 is 1.85 bits per heavy atom. The third-order valence-corrected chi connectivity index (χ3v) is 4.69.